The number of carbonyl (C=O) groups is 2. The lowest BCUT2D eigenvalue weighted by atomic mass is 9.91. The van der Waals surface area contributed by atoms with Crippen molar-refractivity contribution >= 4 is 28.6 Å². The molecule has 2 atom stereocenters. The second-order valence-electron chi connectivity index (χ2n) is 6.66. The summed E-state index contributed by atoms with van der Waals surface area (Å²) in [4.78, 5) is 30.0. The van der Waals surface area contributed by atoms with Crippen molar-refractivity contribution in [1.29, 1.82) is 0 Å². The zero-order chi connectivity index (χ0) is 18.7. The molecule has 2 unspecified atom stereocenters. The number of aromatic nitrogens is 1. The third-order valence-corrected chi connectivity index (χ3v) is 4.57. The average molecular weight is 357 g/mol. The predicted octanol–water partition coefficient (Wildman–Crippen LogP) is 3.21. The van der Waals surface area contributed by atoms with Crippen LogP contribution in [0.1, 0.15) is 20.3 Å². The third-order valence-electron chi connectivity index (χ3n) is 4.57. The maximum atomic E-state index is 12.7. The van der Waals surface area contributed by atoms with Crippen molar-refractivity contribution in [3.63, 3.8) is 0 Å². The number of carboxylic acids is 1. The molecule has 7 heteroatoms. The molecule has 2 amide bonds. The summed E-state index contributed by atoms with van der Waals surface area (Å²) < 4.78 is 5.62. The highest BCUT2D eigenvalue weighted by atomic mass is 16.5. The molecule has 3 rings (SSSR count). The summed E-state index contributed by atoms with van der Waals surface area (Å²) in [6.45, 7) is 5.17. The molecule has 2 aromatic rings. The number of hydrogen-bond acceptors (Lipinski definition) is 4. The van der Waals surface area contributed by atoms with E-state index in [1.54, 1.807) is 17.2 Å². The van der Waals surface area contributed by atoms with Crippen LogP contribution < -0.4 is 10.1 Å². The van der Waals surface area contributed by atoms with Gasteiger partial charge in [0.1, 0.15) is 5.75 Å². The van der Waals surface area contributed by atoms with Crippen LogP contribution in [0.2, 0.25) is 0 Å². The number of hydrogen-bond donors (Lipinski definition) is 2. The van der Waals surface area contributed by atoms with Gasteiger partial charge in [0.05, 0.1) is 23.7 Å². The zero-order valence-electron chi connectivity index (χ0n) is 14.9. The van der Waals surface area contributed by atoms with E-state index in [-0.39, 0.29) is 18.5 Å². The number of piperidine rings is 1. The van der Waals surface area contributed by atoms with Crippen LogP contribution in [0.4, 0.5) is 10.5 Å². The number of benzene rings is 1. The summed E-state index contributed by atoms with van der Waals surface area (Å²) in [7, 11) is 0. The predicted molar refractivity (Wildman–Crippen MR) is 98.4 cm³/mol. The lowest BCUT2D eigenvalue weighted by molar-refractivity contribution is -0.143. The molecular formula is C19H23N3O4. The lowest BCUT2D eigenvalue weighted by Gasteiger charge is -2.34. The third kappa shape index (κ3) is 3.71. The van der Waals surface area contributed by atoms with Gasteiger partial charge in [-0.1, -0.05) is 6.92 Å². The quantitative estimate of drug-likeness (QED) is 0.877. The van der Waals surface area contributed by atoms with Gasteiger partial charge >= 0.3 is 12.0 Å². The van der Waals surface area contributed by atoms with Gasteiger partial charge in [-0.25, -0.2) is 4.79 Å². The summed E-state index contributed by atoms with van der Waals surface area (Å²) in [6, 6.07) is 6.98. The Kier molecular flexibility index (Phi) is 5.25. The van der Waals surface area contributed by atoms with Gasteiger partial charge in [0.15, 0.2) is 0 Å². The Morgan fingerprint density at radius 1 is 1.35 bits per heavy atom. The molecule has 1 aromatic carbocycles. The van der Waals surface area contributed by atoms with Gasteiger partial charge in [-0.15, -0.1) is 0 Å². The van der Waals surface area contributed by atoms with Crippen molar-refractivity contribution in [1.82, 2.24) is 9.88 Å². The van der Waals surface area contributed by atoms with Gasteiger partial charge in [-0.3, -0.25) is 9.78 Å². The molecule has 0 radical (unpaired) electrons. The van der Waals surface area contributed by atoms with Gasteiger partial charge in [0, 0.05) is 24.7 Å². The molecule has 1 aliphatic heterocycles. The summed E-state index contributed by atoms with van der Waals surface area (Å²) >= 11 is 0. The molecule has 0 aliphatic carbocycles. The van der Waals surface area contributed by atoms with Crippen molar-refractivity contribution in [2.75, 3.05) is 25.0 Å². The van der Waals surface area contributed by atoms with E-state index < -0.39 is 11.9 Å². The van der Waals surface area contributed by atoms with Crippen LogP contribution in [0.25, 0.3) is 10.9 Å². The Labute approximate surface area is 152 Å². The lowest BCUT2D eigenvalue weighted by Crippen LogP contribution is -2.47. The maximum absolute atomic E-state index is 12.7. The standard InChI is InChI=1S/C19H23N3O4/c1-3-26-16-7-6-15(17-14(16)5-4-8-20-17)21-19(25)22-10-12(2)9-13(11-22)18(23)24/h4-8,12-13H,3,9-11H2,1-2H3,(H,21,25)(H,23,24). The number of nitrogens with one attached hydrogen (secondary N) is 1. The Morgan fingerprint density at radius 2 is 2.15 bits per heavy atom. The number of carboxylic acid groups (broad SMARTS) is 1. The Hall–Kier alpha value is -2.83. The van der Waals surface area contributed by atoms with Crippen molar-refractivity contribution < 1.29 is 19.4 Å². The number of amides is 2. The van der Waals surface area contributed by atoms with E-state index in [1.807, 2.05) is 32.0 Å². The highest BCUT2D eigenvalue weighted by Gasteiger charge is 2.32. The van der Waals surface area contributed by atoms with E-state index >= 15 is 0 Å². The minimum Gasteiger partial charge on any atom is -0.493 e. The Balaban J connectivity index is 1.83. The number of fused-ring (bicyclic) bond motifs is 1. The highest BCUT2D eigenvalue weighted by molar-refractivity contribution is 6.01. The molecule has 1 aromatic heterocycles. The van der Waals surface area contributed by atoms with Crippen LogP contribution in [-0.2, 0) is 4.79 Å². The topological polar surface area (TPSA) is 91.8 Å². The van der Waals surface area contributed by atoms with Gasteiger partial charge in [0.2, 0.25) is 0 Å². The number of nitrogens with zero attached hydrogens (tertiary/aromatic N) is 2. The monoisotopic (exact) mass is 357 g/mol. The Bertz CT molecular complexity index is 824. The van der Waals surface area contributed by atoms with E-state index in [0.29, 0.717) is 36.5 Å². The fourth-order valence-corrected chi connectivity index (χ4v) is 3.42. The van der Waals surface area contributed by atoms with Crippen molar-refractivity contribution in [2.24, 2.45) is 11.8 Å². The van der Waals surface area contributed by atoms with Crippen molar-refractivity contribution in [3.8, 4) is 5.75 Å². The zero-order valence-corrected chi connectivity index (χ0v) is 14.9. The van der Waals surface area contributed by atoms with Crippen LogP contribution in [0, 0.1) is 11.8 Å². The highest BCUT2D eigenvalue weighted by Crippen LogP contribution is 2.30. The number of anilines is 1. The van der Waals surface area contributed by atoms with Crippen molar-refractivity contribution in [3.05, 3.63) is 30.5 Å². The van der Waals surface area contributed by atoms with E-state index in [1.165, 1.54) is 0 Å². The average Bonchev–Trinajstić information content (AvgIpc) is 2.63. The molecule has 138 valence electrons. The summed E-state index contributed by atoms with van der Waals surface area (Å²) in [5.41, 5.74) is 1.23. The number of aliphatic carboxylic acids is 1. The molecule has 1 saturated heterocycles. The fraction of sp³-hybridized carbons (Fsp3) is 0.421. The van der Waals surface area contributed by atoms with Crippen LogP contribution in [-0.4, -0.2) is 46.7 Å². The molecule has 26 heavy (non-hydrogen) atoms. The first-order chi connectivity index (χ1) is 12.5. The normalized spacial score (nSPS) is 20.0. The van der Waals surface area contributed by atoms with E-state index in [2.05, 4.69) is 10.3 Å². The second kappa shape index (κ2) is 7.59. The summed E-state index contributed by atoms with van der Waals surface area (Å²) in [6.07, 6.45) is 2.25. The van der Waals surface area contributed by atoms with Crippen LogP contribution in [0.5, 0.6) is 5.75 Å². The largest absolute Gasteiger partial charge is 0.493 e. The van der Waals surface area contributed by atoms with Crippen LogP contribution in [0.3, 0.4) is 0 Å². The second-order valence-corrected chi connectivity index (χ2v) is 6.66. The molecule has 1 aliphatic rings. The van der Waals surface area contributed by atoms with Gasteiger partial charge in [-0.05, 0) is 43.5 Å². The van der Waals surface area contributed by atoms with Crippen LogP contribution >= 0.6 is 0 Å². The first-order valence-electron chi connectivity index (χ1n) is 8.78. The number of likely N-dealkylation sites (tertiary alicyclic amines) is 1. The first kappa shape index (κ1) is 18.0. The van der Waals surface area contributed by atoms with Gasteiger partial charge < -0.3 is 20.1 Å². The van der Waals surface area contributed by atoms with Crippen LogP contribution in [0.15, 0.2) is 30.5 Å². The molecular weight excluding hydrogens is 334 g/mol. The van der Waals surface area contributed by atoms with E-state index in [4.69, 9.17) is 4.74 Å². The molecule has 1 fully saturated rings. The minimum atomic E-state index is -0.859. The van der Waals surface area contributed by atoms with Crippen molar-refractivity contribution in [2.45, 2.75) is 20.3 Å². The molecule has 7 nitrogen and oxygen atoms in total. The minimum absolute atomic E-state index is 0.144. The number of pyridine rings is 1. The number of rotatable bonds is 4. The maximum Gasteiger partial charge on any atom is 0.321 e. The van der Waals surface area contributed by atoms with Gasteiger partial charge in [-0.2, -0.15) is 0 Å². The van der Waals surface area contributed by atoms with E-state index in [9.17, 15) is 14.7 Å². The van der Waals surface area contributed by atoms with E-state index in [0.717, 1.165) is 5.39 Å². The first-order valence-corrected chi connectivity index (χ1v) is 8.78. The molecule has 2 heterocycles. The number of ether oxygens (including phenoxy) is 1. The SMILES string of the molecule is CCOc1ccc(NC(=O)N2CC(C)CC(C(=O)O)C2)c2ncccc12. The number of urea groups is 1. The summed E-state index contributed by atoms with van der Waals surface area (Å²) in [5.74, 6) is -0.529. The smallest absolute Gasteiger partial charge is 0.321 e. The molecule has 0 saturated carbocycles. The number of carbonyl (C=O) groups excluding carboxylic acids is 1. The summed E-state index contributed by atoms with van der Waals surface area (Å²) in [5, 5.41) is 13.0. The molecule has 0 spiro atoms. The fourth-order valence-electron chi connectivity index (χ4n) is 3.42. The molecule has 0 bridgehead atoms. The molecule has 2 N–H and O–H groups in total. The van der Waals surface area contributed by atoms with Gasteiger partial charge in [0.25, 0.3) is 0 Å². The Morgan fingerprint density at radius 3 is 2.88 bits per heavy atom.